The van der Waals surface area contributed by atoms with Gasteiger partial charge in [-0.15, -0.1) is 0 Å². The molecule has 7 nitrogen and oxygen atoms in total. The van der Waals surface area contributed by atoms with Crippen LogP contribution in [0.5, 0.6) is 0 Å². The lowest BCUT2D eigenvalue weighted by molar-refractivity contribution is -0.116. The highest BCUT2D eigenvalue weighted by Gasteiger charge is 2.19. The molecule has 2 aromatic carbocycles. The van der Waals surface area contributed by atoms with E-state index in [-0.39, 0.29) is 10.8 Å². The van der Waals surface area contributed by atoms with Gasteiger partial charge in [0.1, 0.15) is 4.90 Å². The van der Waals surface area contributed by atoms with Crippen molar-refractivity contribution >= 4 is 27.3 Å². The van der Waals surface area contributed by atoms with E-state index in [0.29, 0.717) is 12.1 Å². The van der Waals surface area contributed by atoms with Crippen LogP contribution in [0.4, 0.5) is 11.4 Å². The Hall–Kier alpha value is -3.13. The van der Waals surface area contributed by atoms with Gasteiger partial charge in [0.25, 0.3) is 10.0 Å². The van der Waals surface area contributed by atoms with E-state index < -0.39 is 10.0 Å². The third kappa shape index (κ3) is 3.70. The lowest BCUT2D eigenvalue weighted by Gasteiger charge is -2.11. The van der Waals surface area contributed by atoms with Crippen LogP contribution in [0.25, 0.3) is 5.69 Å². The molecular formula is C19H18N4O3S. The van der Waals surface area contributed by atoms with E-state index in [2.05, 4.69) is 15.1 Å². The van der Waals surface area contributed by atoms with Gasteiger partial charge in [-0.2, -0.15) is 5.10 Å². The molecule has 0 saturated carbocycles. The third-order valence-electron chi connectivity index (χ3n) is 4.37. The summed E-state index contributed by atoms with van der Waals surface area (Å²) in [6.07, 6.45) is 4.71. The molecule has 0 spiro atoms. The fourth-order valence-corrected chi connectivity index (χ4v) is 4.00. The number of hydrogen-bond donors (Lipinski definition) is 2. The summed E-state index contributed by atoms with van der Waals surface area (Å²) in [5.74, 6) is -0.0181. The number of anilines is 2. The van der Waals surface area contributed by atoms with Gasteiger partial charge in [0.15, 0.2) is 0 Å². The number of rotatable bonds is 4. The topological polar surface area (TPSA) is 93.1 Å². The quantitative estimate of drug-likeness (QED) is 0.725. The molecule has 0 fully saturated rings. The van der Waals surface area contributed by atoms with Crippen molar-refractivity contribution in [3.8, 4) is 5.69 Å². The van der Waals surface area contributed by atoms with Gasteiger partial charge < -0.3 is 5.32 Å². The summed E-state index contributed by atoms with van der Waals surface area (Å²) < 4.78 is 29.5. The number of amides is 1. The number of para-hydroxylation sites is 1. The summed E-state index contributed by atoms with van der Waals surface area (Å²) in [6.45, 7) is 0. The molecule has 1 aliphatic rings. The highest BCUT2D eigenvalue weighted by Crippen LogP contribution is 2.26. The largest absolute Gasteiger partial charge is 0.326 e. The number of sulfonamides is 1. The van der Waals surface area contributed by atoms with Crippen molar-refractivity contribution in [2.45, 2.75) is 24.2 Å². The van der Waals surface area contributed by atoms with Gasteiger partial charge in [0.05, 0.1) is 18.1 Å². The molecule has 0 radical (unpaired) electrons. The van der Waals surface area contributed by atoms with Crippen molar-refractivity contribution in [3.63, 3.8) is 0 Å². The molecule has 2 N–H and O–H groups in total. The van der Waals surface area contributed by atoms with Crippen molar-refractivity contribution < 1.29 is 13.2 Å². The standard InChI is InChI=1S/C19H18N4O3S/c24-19-8-4-5-14-11-15(9-10-18(14)21-19)22-27(25,26)17-12-20-23(13-17)16-6-2-1-3-7-16/h1-3,6-7,9-13,22H,4-5,8H2,(H,21,24). The van der Waals surface area contributed by atoms with Gasteiger partial charge in [0, 0.05) is 17.8 Å². The predicted molar refractivity (Wildman–Crippen MR) is 102 cm³/mol. The van der Waals surface area contributed by atoms with Crippen molar-refractivity contribution in [3.05, 3.63) is 66.5 Å². The molecule has 0 atom stereocenters. The molecule has 2 heterocycles. The Morgan fingerprint density at radius 2 is 1.89 bits per heavy atom. The number of aromatic nitrogens is 2. The number of benzene rings is 2. The van der Waals surface area contributed by atoms with Crippen LogP contribution < -0.4 is 10.0 Å². The molecule has 8 heteroatoms. The molecule has 0 bridgehead atoms. The Labute approximate surface area is 157 Å². The monoisotopic (exact) mass is 382 g/mol. The number of nitrogens with one attached hydrogen (secondary N) is 2. The molecule has 1 aromatic heterocycles. The Morgan fingerprint density at radius 1 is 1.07 bits per heavy atom. The summed E-state index contributed by atoms with van der Waals surface area (Å²) >= 11 is 0. The number of carbonyl (C=O) groups excluding carboxylic acids is 1. The second-order valence-corrected chi connectivity index (χ2v) is 8.02. The molecule has 1 amide bonds. The van der Waals surface area contributed by atoms with E-state index in [1.54, 1.807) is 18.2 Å². The van der Waals surface area contributed by atoms with E-state index in [9.17, 15) is 13.2 Å². The maximum absolute atomic E-state index is 12.7. The number of fused-ring (bicyclic) bond motifs is 1. The van der Waals surface area contributed by atoms with Crippen LogP contribution in [0, 0.1) is 0 Å². The zero-order valence-electron chi connectivity index (χ0n) is 14.4. The molecule has 3 aromatic rings. The van der Waals surface area contributed by atoms with Crippen LogP contribution >= 0.6 is 0 Å². The zero-order chi connectivity index (χ0) is 18.9. The minimum atomic E-state index is -3.77. The zero-order valence-corrected chi connectivity index (χ0v) is 15.2. The van der Waals surface area contributed by atoms with E-state index in [0.717, 1.165) is 29.8 Å². The molecule has 4 rings (SSSR count). The number of hydrogen-bond acceptors (Lipinski definition) is 4. The summed E-state index contributed by atoms with van der Waals surface area (Å²) in [6, 6.07) is 14.4. The van der Waals surface area contributed by atoms with Crippen molar-refractivity contribution in [1.82, 2.24) is 9.78 Å². The maximum atomic E-state index is 12.7. The van der Waals surface area contributed by atoms with Gasteiger partial charge in [-0.25, -0.2) is 13.1 Å². The molecule has 0 aliphatic carbocycles. The summed E-state index contributed by atoms with van der Waals surface area (Å²) in [4.78, 5) is 11.7. The third-order valence-corrected chi connectivity index (χ3v) is 5.71. The molecule has 0 unspecified atom stereocenters. The van der Waals surface area contributed by atoms with Crippen LogP contribution in [-0.4, -0.2) is 24.1 Å². The van der Waals surface area contributed by atoms with Crippen LogP contribution in [0.2, 0.25) is 0 Å². The Kier molecular flexibility index (Phi) is 4.41. The molecule has 27 heavy (non-hydrogen) atoms. The fourth-order valence-electron chi connectivity index (χ4n) is 3.02. The average Bonchev–Trinajstić information content (AvgIpc) is 3.08. The van der Waals surface area contributed by atoms with Gasteiger partial charge in [-0.05, 0) is 48.7 Å². The normalized spacial score (nSPS) is 14.1. The summed E-state index contributed by atoms with van der Waals surface area (Å²) in [7, 11) is -3.77. The van der Waals surface area contributed by atoms with Crippen LogP contribution in [0.1, 0.15) is 18.4 Å². The van der Waals surface area contributed by atoms with Gasteiger partial charge in [-0.1, -0.05) is 18.2 Å². The van der Waals surface area contributed by atoms with E-state index in [4.69, 9.17) is 0 Å². The van der Waals surface area contributed by atoms with Crippen molar-refractivity contribution in [2.75, 3.05) is 10.0 Å². The summed E-state index contributed by atoms with van der Waals surface area (Å²) in [5.41, 5.74) is 2.88. The lowest BCUT2D eigenvalue weighted by Crippen LogP contribution is -2.13. The Morgan fingerprint density at radius 3 is 2.70 bits per heavy atom. The number of aryl methyl sites for hydroxylation is 1. The molecule has 138 valence electrons. The fraction of sp³-hybridized carbons (Fsp3) is 0.158. The minimum absolute atomic E-state index is 0.0181. The first-order valence-electron chi connectivity index (χ1n) is 8.57. The van der Waals surface area contributed by atoms with E-state index in [1.807, 2.05) is 30.3 Å². The Bertz CT molecular complexity index is 1090. The van der Waals surface area contributed by atoms with Crippen LogP contribution in [0.15, 0.2) is 65.8 Å². The smallest absolute Gasteiger partial charge is 0.265 e. The maximum Gasteiger partial charge on any atom is 0.265 e. The first-order chi connectivity index (χ1) is 13.0. The number of carbonyl (C=O) groups is 1. The first kappa shape index (κ1) is 17.3. The second kappa shape index (κ2) is 6.88. The predicted octanol–water partition coefficient (Wildman–Crippen LogP) is 2.95. The van der Waals surface area contributed by atoms with E-state index >= 15 is 0 Å². The van der Waals surface area contributed by atoms with Crippen LogP contribution in [0.3, 0.4) is 0 Å². The van der Waals surface area contributed by atoms with Gasteiger partial charge in [-0.3, -0.25) is 9.52 Å². The lowest BCUT2D eigenvalue weighted by atomic mass is 10.1. The van der Waals surface area contributed by atoms with Crippen LogP contribution in [-0.2, 0) is 21.2 Å². The minimum Gasteiger partial charge on any atom is -0.326 e. The highest BCUT2D eigenvalue weighted by molar-refractivity contribution is 7.92. The van der Waals surface area contributed by atoms with Gasteiger partial charge >= 0.3 is 0 Å². The van der Waals surface area contributed by atoms with E-state index in [1.165, 1.54) is 17.1 Å². The first-order valence-corrected chi connectivity index (χ1v) is 10.1. The molecular weight excluding hydrogens is 364 g/mol. The number of nitrogens with zero attached hydrogens (tertiary/aromatic N) is 2. The SMILES string of the molecule is O=C1CCCc2cc(NS(=O)(=O)c3cnn(-c4ccccc4)c3)ccc2N1. The van der Waals surface area contributed by atoms with Gasteiger partial charge in [0.2, 0.25) is 5.91 Å². The second-order valence-electron chi connectivity index (χ2n) is 6.34. The highest BCUT2D eigenvalue weighted by atomic mass is 32.2. The Balaban J connectivity index is 1.58. The average molecular weight is 382 g/mol. The molecule has 0 saturated heterocycles. The summed E-state index contributed by atoms with van der Waals surface area (Å²) in [5, 5.41) is 6.97. The molecule has 1 aliphatic heterocycles. The van der Waals surface area contributed by atoms with Crippen molar-refractivity contribution in [2.24, 2.45) is 0 Å². The van der Waals surface area contributed by atoms with Crippen molar-refractivity contribution in [1.29, 1.82) is 0 Å².